The Labute approximate surface area is 178 Å². The molecule has 1 aliphatic heterocycles. The van der Waals surface area contributed by atoms with Crippen LogP contribution in [0.5, 0.6) is 0 Å². The van der Waals surface area contributed by atoms with Crippen molar-refractivity contribution in [2.45, 2.75) is 44.7 Å². The number of aliphatic hydroxyl groups is 1. The van der Waals surface area contributed by atoms with E-state index >= 15 is 0 Å². The Balaban J connectivity index is 1.67. The van der Waals surface area contributed by atoms with E-state index in [4.69, 9.17) is 0 Å². The van der Waals surface area contributed by atoms with Crippen LogP contribution in [0.3, 0.4) is 0 Å². The maximum atomic E-state index is 13.3. The molecule has 1 saturated heterocycles. The molecule has 0 saturated carbocycles. The van der Waals surface area contributed by atoms with Crippen molar-refractivity contribution in [3.8, 4) is 0 Å². The molecule has 1 heterocycles. The number of carbonyl (C=O) groups excluding carboxylic acids is 1. The Kier molecular flexibility index (Phi) is 8.08. The molecule has 0 atom stereocenters. The number of rotatable bonds is 5. The number of piperidine rings is 1. The number of benzene rings is 1. The normalized spacial score (nSPS) is 23.1. The van der Waals surface area contributed by atoms with Crippen molar-refractivity contribution in [1.29, 1.82) is 0 Å². The molecule has 2 amide bonds. The minimum atomic E-state index is -0.271. The highest BCUT2D eigenvalue weighted by Crippen LogP contribution is 2.19. The third-order valence-corrected chi connectivity index (χ3v) is 5.77. The number of aliphatic hydroxyl groups excluding tert-OH is 1. The second-order valence-electron chi connectivity index (χ2n) is 8.16. The summed E-state index contributed by atoms with van der Waals surface area (Å²) in [6.07, 6.45) is 11.9. The molecule has 1 aromatic rings. The predicted octanol–water partition coefficient (Wildman–Crippen LogP) is 4.54. The van der Waals surface area contributed by atoms with Crippen LogP contribution in [0.1, 0.15) is 37.7 Å². The number of nitrogens with zero attached hydrogens (tertiary/aromatic N) is 2. The van der Waals surface area contributed by atoms with Crippen LogP contribution in [0.2, 0.25) is 0 Å². The Morgan fingerprint density at radius 1 is 1.23 bits per heavy atom. The van der Waals surface area contributed by atoms with Crippen LogP contribution in [-0.2, 0) is 6.54 Å². The van der Waals surface area contributed by atoms with Crippen molar-refractivity contribution < 1.29 is 14.3 Å². The highest BCUT2D eigenvalue weighted by atomic mass is 19.1. The molecular weight excluding hydrogens is 381 g/mol. The predicted molar refractivity (Wildman–Crippen MR) is 118 cm³/mol. The molecule has 1 aromatic carbocycles. The van der Waals surface area contributed by atoms with Crippen molar-refractivity contribution in [2.24, 2.45) is 0 Å². The average molecular weight is 414 g/mol. The van der Waals surface area contributed by atoms with Crippen molar-refractivity contribution in [3.05, 3.63) is 71.3 Å². The number of likely N-dealkylation sites (tertiary alicyclic amines) is 1. The minimum Gasteiger partial charge on any atom is -0.508 e. The number of halogens is 1. The molecule has 162 valence electrons. The molecule has 5 nitrogen and oxygen atoms in total. The topological polar surface area (TPSA) is 55.8 Å². The van der Waals surface area contributed by atoms with Crippen LogP contribution in [0.15, 0.2) is 59.9 Å². The van der Waals surface area contributed by atoms with Gasteiger partial charge in [-0.25, -0.2) is 9.18 Å². The van der Waals surface area contributed by atoms with E-state index in [1.807, 2.05) is 17.1 Å². The quantitative estimate of drug-likeness (QED) is 0.745. The lowest BCUT2D eigenvalue weighted by Crippen LogP contribution is -2.50. The summed E-state index contributed by atoms with van der Waals surface area (Å²) in [5, 5.41) is 12.9. The summed E-state index contributed by atoms with van der Waals surface area (Å²) in [6, 6.07) is 6.43. The number of amides is 2. The number of carbonyl (C=O) groups is 1. The van der Waals surface area contributed by atoms with Gasteiger partial charge in [-0.3, -0.25) is 0 Å². The van der Waals surface area contributed by atoms with Gasteiger partial charge in [0.25, 0.3) is 0 Å². The fraction of sp³-hybridized carbons (Fsp3) is 0.458. The molecule has 0 spiro atoms. The molecule has 1 aliphatic carbocycles. The van der Waals surface area contributed by atoms with Crippen LogP contribution in [0, 0.1) is 5.82 Å². The third-order valence-electron chi connectivity index (χ3n) is 5.77. The van der Waals surface area contributed by atoms with Gasteiger partial charge < -0.3 is 20.2 Å². The lowest BCUT2D eigenvalue weighted by molar-refractivity contribution is 0.127. The molecule has 30 heavy (non-hydrogen) atoms. The Morgan fingerprint density at radius 2 is 1.97 bits per heavy atom. The molecule has 0 radical (unpaired) electrons. The molecule has 0 aromatic heterocycles. The minimum absolute atomic E-state index is 0.0963. The maximum Gasteiger partial charge on any atom is 0.318 e. The summed E-state index contributed by atoms with van der Waals surface area (Å²) in [7, 11) is 2.10. The molecular formula is C24H32FN3O2. The van der Waals surface area contributed by atoms with Crippen molar-refractivity contribution in [1.82, 2.24) is 15.1 Å². The SMILES string of the molecule is CN1CCC(N(Cc2ccc(F)cc2)C(=O)NC/C2=C/C=C(O)\C=C/CCC2)CC1. The fourth-order valence-corrected chi connectivity index (χ4v) is 3.89. The van der Waals surface area contributed by atoms with E-state index in [1.54, 1.807) is 24.3 Å². The van der Waals surface area contributed by atoms with Crippen molar-refractivity contribution >= 4 is 6.03 Å². The summed E-state index contributed by atoms with van der Waals surface area (Å²) >= 11 is 0. The van der Waals surface area contributed by atoms with Crippen LogP contribution in [0.25, 0.3) is 0 Å². The number of hydrogen-bond acceptors (Lipinski definition) is 3. The lowest BCUT2D eigenvalue weighted by atomic mass is 10.0. The number of nitrogens with one attached hydrogen (secondary N) is 1. The zero-order chi connectivity index (χ0) is 21.3. The number of hydrogen-bond donors (Lipinski definition) is 2. The highest BCUT2D eigenvalue weighted by Gasteiger charge is 2.27. The van der Waals surface area contributed by atoms with Gasteiger partial charge in [0.05, 0.1) is 0 Å². The van der Waals surface area contributed by atoms with Gasteiger partial charge in [0.2, 0.25) is 0 Å². The van der Waals surface area contributed by atoms with Gasteiger partial charge >= 0.3 is 6.03 Å². The first-order valence-electron chi connectivity index (χ1n) is 10.7. The number of urea groups is 1. The van der Waals surface area contributed by atoms with Gasteiger partial charge in [-0.1, -0.05) is 29.9 Å². The zero-order valence-corrected chi connectivity index (χ0v) is 17.7. The number of allylic oxidation sites excluding steroid dienone is 4. The third kappa shape index (κ3) is 6.73. The second-order valence-corrected chi connectivity index (χ2v) is 8.16. The molecule has 3 rings (SSSR count). The summed E-state index contributed by atoms with van der Waals surface area (Å²) in [6.45, 7) is 2.83. The van der Waals surface area contributed by atoms with Crippen LogP contribution in [0.4, 0.5) is 9.18 Å². The Bertz CT molecular complexity index is 793. The van der Waals surface area contributed by atoms with Gasteiger partial charge in [0, 0.05) is 19.1 Å². The molecule has 2 aliphatic rings. The van der Waals surface area contributed by atoms with E-state index < -0.39 is 0 Å². The van der Waals surface area contributed by atoms with Gasteiger partial charge in [-0.2, -0.15) is 0 Å². The summed E-state index contributed by atoms with van der Waals surface area (Å²) in [5.74, 6) is -0.0445. The van der Waals surface area contributed by atoms with Crippen LogP contribution >= 0.6 is 0 Å². The first-order chi connectivity index (χ1) is 14.5. The largest absolute Gasteiger partial charge is 0.508 e. The van der Waals surface area contributed by atoms with E-state index in [9.17, 15) is 14.3 Å². The van der Waals surface area contributed by atoms with Gasteiger partial charge in [-0.05, 0) is 82.1 Å². The second kappa shape index (κ2) is 11.0. The van der Waals surface area contributed by atoms with Crippen LogP contribution in [-0.4, -0.2) is 53.7 Å². The van der Waals surface area contributed by atoms with Gasteiger partial charge in [0.15, 0.2) is 0 Å². The van der Waals surface area contributed by atoms with E-state index in [0.29, 0.717) is 13.1 Å². The van der Waals surface area contributed by atoms with E-state index in [0.717, 1.165) is 56.3 Å². The average Bonchev–Trinajstić information content (AvgIpc) is 2.84. The fourth-order valence-electron chi connectivity index (χ4n) is 3.89. The highest BCUT2D eigenvalue weighted by molar-refractivity contribution is 5.75. The van der Waals surface area contributed by atoms with Crippen LogP contribution < -0.4 is 5.32 Å². The van der Waals surface area contributed by atoms with Gasteiger partial charge in [0.1, 0.15) is 11.6 Å². The van der Waals surface area contributed by atoms with E-state index in [-0.39, 0.29) is 23.6 Å². The van der Waals surface area contributed by atoms with Crippen molar-refractivity contribution in [3.63, 3.8) is 0 Å². The monoisotopic (exact) mass is 413 g/mol. The zero-order valence-electron chi connectivity index (χ0n) is 17.7. The summed E-state index contributed by atoms with van der Waals surface area (Å²) in [4.78, 5) is 17.3. The molecule has 1 fully saturated rings. The van der Waals surface area contributed by atoms with E-state index in [2.05, 4.69) is 17.3 Å². The maximum absolute atomic E-state index is 13.3. The van der Waals surface area contributed by atoms with Gasteiger partial charge in [-0.15, -0.1) is 0 Å². The lowest BCUT2D eigenvalue weighted by Gasteiger charge is -2.37. The molecule has 6 heteroatoms. The molecule has 2 N–H and O–H groups in total. The van der Waals surface area contributed by atoms with E-state index in [1.165, 1.54) is 12.1 Å². The first kappa shape index (κ1) is 22.1. The molecule has 0 bridgehead atoms. The summed E-state index contributed by atoms with van der Waals surface area (Å²) in [5.41, 5.74) is 2.01. The first-order valence-corrected chi connectivity index (χ1v) is 10.7. The Morgan fingerprint density at radius 3 is 2.70 bits per heavy atom. The summed E-state index contributed by atoms with van der Waals surface area (Å²) < 4.78 is 13.3. The Hall–Kier alpha value is -2.60. The molecule has 0 unspecified atom stereocenters. The van der Waals surface area contributed by atoms with Crippen molar-refractivity contribution in [2.75, 3.05) is 26.7 Å². The standard InChI is InChI=1S/C24H32FN3O2/c1-27-15-13-22(14-16-27)28(18-20-7-10-21(25)11-8-20)24(30)26-17-19-5-3-2-4-6-23(29)12-9-19/h4,6-12,22,29H,2-3,5,13-18H2,1H3,(H,26,30)/b6-4-,19-9+,23-12+. The smallest absolute Gasteiger partial charge is 0.318 e.